The van der Waals surface area contributed by atoms with Crippen LogP contribution in [-0.4, -0.2) is 29.3 Å². The molecule has 0 bridgehead atoms. The maximum absolute atomic E-state index is 12.4. The first-order chi connectivity index (χ1) is 14.1. The lowest BCUT2D eigenvalue weighted by Crippen LogP contribution is -2.19. The Morgan fingerprint density at radius 1 is 0.862 bits per heavy atom. The Hall–Kier alpha value is -3.41. The zero-order valence-electron chi connectivity index (χ0n) is 16.8. The van der Waals surface area contributed by atoms with Gasteiger partial charge in [-0.2, -0.15) is 0 Å². The summed E-state index contributed by atoms with van der Waals surface area (Å²) in [5.74, 6) is 0.924. The summed E-state index contributed by atoms with van der Waals surface area (Å²) in [6.07, 6.45) is 2.42. The number of aromatic nitrogens is 2. The fourth-order valence-electron chi connectivity index (χ4n) is 3.69. The van der Waals surface area contributed by atoms with Gasteiger partial charge in [0.15, 0.2) is 5.82 Å². The lowest BCUT2D eigenvalue weighted by molar-refractivity contribution is 0.262. The predicted octanol–water partition coefficient (Wildman–Crippen LogP) is 5.00. The highest BCUT2D eigenvalue weighted by Crippen LogP contribution is 2.23. The van der Waals surface area contributed by atoms with Gasteiger partial charge in [-0.25, -0.2) is 4.79 Å². The maximum atomic E-state index is 12.4. The molecule has 1 saturated heterocycles. The summed E-state index contributed by atoms with van der Waals surface area (Å²) in [5, 5.41) is 14.5. The number of benzene rings is 2. The van der Waals surface area contributed by atoms with E-state index in [4.69, 9.17) is 0 Å². The van der Waals surface area contributed by atoms with Crippen LogP contribution in [-0.2, 0) is 0 Å². The standard InChI is InChI=1S/C23H25N5O/c1-16-12-17(2)14-20(13-16)25-23(29)24-19-7-5-6-18(15-19)21-8-9-22(27-26-21)28-10-3-4-11-28/h5-9,12-15H,3-4,10-11H2,1-2H3,(H2,24,25,29). The number of urea groups is 1. The molecule has 0 atom stereocenters. The third-order valence-corrected chi connectivity index (χ3v) is 4.98. The summed E-state index contributed by atoms with van der Waals surface area (Å²) >= 11 is 0. The van der Waals surface area contributed by atoms with Gasteiger partial charge >= 0.3 is 6.03 Å². The van der Waals surface area contributed by atoms with Crippen LogP contribution in [0.5, 0.6) is 0 Å². The fraction of sp³-hybridized carbons (Fsp3) is 0.261. The molecule has 1 aromatic heterocycles. The first kappa shape index (κ1) is 18.9. The van der Waals surface area contributed by atoms with E-state index in [1.807, 2.05) is 62.4 Å². The molecule has 0 spiro atoms. The molecule has 4 rings (SSSR count). The predicted molar refractivity (Wildman–Crippen MR) is 117 cm³/mol. The summed E-state index contributed by atoms with van der Waals surface area (Å²) in [4.78, 5) is 14.6. The van der Waals surface area contributed by atoms with Crippen LogP contribution in [0.2, 0.25) is 0 Å². The largest absolute Gasteiger partial charge is 0.355 e. The van der Waals surface area contributed by atoms with Gasteiger partial charge in [0, 0.05) is 30.0 Å². The second kappa shape index (κ2) is 8.31. The number of aryl methyl sites for hydroxylation is 2. The molecule has 29 heavy (non-hydrogen) atoms. The van der Waals surface area contributed by atoms with Crippen LogP contribution in [0.4, 0.5) is 22.0 Å². The van der Waals surface area contributed by atoms with Crippen molar-refractivity contribution in [3.05, 3.63) is 65.7 Å². The number of hydrogen-bond acceptors (Lipinski definition) is 4. The molecule has 3 aromatic rings. The smallest absolute Gasteiger partial charge is 0.323 e. The summed E-state index contributed by atoms with van der Waals surface area (Å²) in [7, 11) is 0. The van der Waals surface area contributed by atoms with Crippen molar-refractivity contribution >= 4 is 23.2 Å². The number of anilines is 3. The van der Waals surface area contributed by atoms with Crippen molar-refractivity contribution in [1.29, 1.82) is 0 Å². The minimum atomic E-state index is -0.275. The van der Waals surface area contributed by atoms with Gasteiger partial charge in [0.1, 0.15) is 0 Å². The number of hydrogen-bond donors (Lipinski definition) is 2. The first-order valence-electron chi connectivity index (χ1n) is 9.92. The minimum absolute atomic E-state index is 0.275. The van der Waals surface area contributed by atoms with Gasteiger partial charge in [0.2, 0.25) is 0 Å². The molecule has 6 nitrogen and oxygen atoms in total. The average Bonchev–Trinajstić information content (AvgIpc) is 3.22. The monoisotopic (exact) mass is 387 g/mol. The third-order valence-electron chi connectivity index (χ3n) is 4.98. The molecular formula is C23H25N5O. The van der Waals surface area contributed by atoms with Crippen LogP contribution >= 0.6 is 0 Å². The molecule has 1 fully saturated rings. The van der Waals surface area contributed by atoms with E-state index in [-0.39, 0.29) is 6.03 Å². The molecule has 2 amide bonds. The Kier molecular flexibility index (Phi) is 5.42. The molecule has 0 saturated carbocycles. The summed E-state index contributed by atoms with van der Waals surface area (Å²) in [6, 6.07) is 17.3. The van der Waals surface area contributed by atoms with E-state index in [1.54, 1.807) is 0 Å². The molecule has 1 aliphatic heterocycles. The van der Waals surface area contributed by atoms with E-state index < -0.39 is 0 Å². The SMILES string of the molecule is Cc1cc(C)cc(NC(=O)Nc2cccc(-c3ccc(N4CCCC4)nn3)c2)c1. The number of nitrogens with zero attached hydrogens (tertiary/aromatic N) is 3. The van der Waals surface area contributed by atoms with Gasteiger partial charge in [-0.15, -0.1) is 10.2 Å². The van der Waals surface area contributed by atoms with E-state index in [0.29, 0.717) is 5.69 Å². The molecule has 1 aliphatic rings. The lowest BCUT2D eigenvalue weighted by atomic mass is 10.1. The quantitative estimate of drug-likeness (QED) is 0.661. The molecule has 6 heteroatoms. The Morgan fingerprint density at radius 3 is 2.28 bits per heavy atom. The van der Waals surface area contributed by atoms with Crippen LogP contribution in [0.1, 0.15) is 24.0 Å². The van der Waals surface area contributed by atoms with E-state index in [0.717, 1.165) is 47.0 Å². The Balaban J connectivity index is 1.44. The van der Waals surface area contributed by atoms with E-state index in [1.165, 1.54) is 12.8 Å². The number of rotatable bonds is 4. The second-order valence-electron chi connectivity index (χ2n) is 7.51. The molecule has 148 valence electrons. The topological polar surface area (TPSA) is 70.2 Å². The van der Waals surface area contributed by atoms with Crippen LogP contribution < -0.4 is 15.5 Å². The van der Waals surface area contributed by atoms with Crippen LogP contribution in [0, 0.1) is 13.8 Å². The van der Waals surface area contributed by atoms with E-state index in [2.05, 4.69) is 31.8 Å². The highest BCUT2D eigenvalue weighted by Gasteiger charge is 2.14. The van der Waals surface area contributed by atoms with Gasteiger partial charge in [-0.05, 0) is 74.2 Å². The van der Waals surface area contributed by atoms with Crippen molar-refractivity contribution < 1.29 is 4.79 Å². The van der Waals surface area contributed by atoms with Crippen molar-refractivity contribution in [3.63, 3.8) is 0 Å². The van der Waals surface area contributed by atoms with Crippen LogP contribution in [0.15, 0.2) is 54.6 Å². The number of nitrogens with one attached hydrogen (secondary N) is 2. The summed E-state index contributed by atoms with van der Waals surface area (Å²) in [6.45, 7) is 6.11. The van der Waals surface area contributed by atoms with Crippen LogP contribution in [0.25, 0.3) is 11.3 Å². The normalized spacial score (nSPS) is 13.4. The van der Waals surface area contributed by atoms with E-state index in [9.17, 15) is 4.79 Å². The molecule has 0 unspecified atom stereocenters. The van der Waals surface area contributed by atoms with Gasteiger partial charge in [-0.3, -0.25) is 0 Å². The molecule has 0 radical (unpaired) electrons. The summed E-state index contributed by atoms with van der Waals surface area (Å²) < 4.78 is 0. The number of amides is 2. The van der Waals surface area contributed by atoms with Gasteiger partial charge in [0.05, 0.1) is 5.69 Å². The van der Waals surface area contributed by atoms with Crippen LogP contribution in [0.3, 0.4) is 0 Å². The highest BCUT2D eigenvalue weighted by atomic mass is 16.2. The molecular weight excluding hydrogens is 362 g/mol. The van der Waals surface area contributed by atoms with Gasteiger partial charge in [0.25, 0.3) is 0 Å². The van der Waals surface area contributed by atoms with Crippen molar-refractivity contribution in [2.75, 3.05) is 28.6 Å². The van der Waals surface area contributed by atoms with Crippen molar-refractivity contribution in [2.45, 2.75) is 26.7 Å². The fourth-order valence-corrected chi connectivity index (χ4v) is 3.69. The number of carbonyl (C=O) groups excluding carboxylic acids is 1. The molecule has 0 aliphatic carbocycles. The zero-order valence-corrected chi connectivity index (χ0v) is 16.8. The molecule has 2 heterocycles. The van der Waals surface area contributed by atoms with Crippen molar-refractivity contribution in [3.8, 4) is 11.3 Å². The number of carbonyl (C=O) groups is 1. The lowest BCUT2D eigenvalue weighted by Gasteiger charge is -2.15. The van der Waals surface area contributed by atoms with Crippen molar-refractivity contribution in [2.24, 2.45) is 0 Å². The summed E-state index contributed by atoms with van der Waals surface area (Å²) in [5.41, 5.74) is 5.40. The average molecular weight is 387 g/mol. The second-order valence-corrected chi connectivity index (χ2v) is 7.51. The maximum Gasteiger partial charge on any atom is 0.323 e. The van der Waals surface area contributed by atoms with E-state index >= 15 is 0 Å². The third kappa shape index (κ3) is 4.71. The molecule has 2 aromatic carbocycles. The Labute approximate surface area is 171 Å². The zero-order chi connectivity index (χ0) is 20.2. The Morgan fingerprint density at radius 2 is 1.59 bits per heavy atom. The highest BCUT2D eigenvalue weighted by molar-refractivity contribution is 6.00. The van der Waals surface area contributed by atoms with Gasteiger partial charge < -0.3 is 15.5 Å². The molecule has 2 N–H and O–H groups in total. The van der Waals surface area contributed by atoms with Crippen molar-refractivity contribution in [1.82, 2.24) is 10.2 Å². The first-order valence-corrected chi connectivity index (χ1v) is 9.92. The minimum Gasteiger partial charge on any atom is -0.355 e. The van der Waals surface area contributed by atoms with Gasteiger partial charge in [-0.1, -0.05) is 18.2 Å². The Bertz CT molecular complexity index is 990.